The normalized spacial score (nSPS) is 12.6. The summed E-state index contributed by atoms with van der Waals surface area (Å²) in [5.74, 6) is -0.500. The summed E-state index contributed by atoms with van der Waals surface area (Å²) in [5, 5.41) is 5.42. The van der Waals surface area contributed by atoms with Crippen LogP contribution in [0.25, 0.3) is 0 Å². The van der Waals surface area contributed by atoms with Crippen LogP contribution in [-0.4, -0.2) is 30.9 Å². The molecule has 1 atom stereocenters. The molecule has 110 valence electrons. The lowest BCUT2D eigenvalue weighted by atomic mass is 9.87. The minimum absolute atomic E-state index is 0.0553. The SMILES string of the molecule is CC(C)(C)C(CN)NC(=O)CNC(=O)c1ccccc1. The van der Waals surface area contributed by atoms with E-state index in [0.29, 0.717) is 12.1 Å². The third kappa shape index (κ3) is 5.01. The van der Waals surface area contributed by atoms with Crippen LogP contribution >= 0.6 is 0 Å². The molecule has 0 bridgehead atoms. The molecule has 0 saturated carbocycles. The topological polar surface area (TPSA) is 84.2 Å². The summed E-state index contributed by atoms with van der Waals surface area (Å²) in [4.78, 5) is 23.6. The summed E-state index contributed by atoms with van der Waals surface area (Å²) in [5.41, 5.74) is 6.07. The second-order valence-electron chi connectivity index (χ2n) is 5.77. The predicted octanol–water partition coefficient (Wildman–Crippen LogP) is 0.906. The van der Waals surface area contributed by atoms with Gasteiger partial charge in [-0.25, -0.2) is 0 Å². The average Bonchev–Trinajstić information content (AvgIpc) is 2.41. The highest BCUT2D eigenvalue weighted by molar-refractivity contribution is 5.96. The van der Waals surface area contributed by atoms with Gasteiger partial charge < -0.3 is 16.4 Å². The zero-order chi connectivity index (χ0) is 15.2. The van der Waals surface area contributed by atoms with Gasteiger partial charge in [-0.05, 0) is 17.5 Å². The van der Waals surface area contributed by atoms with Gasteiger partial charge in [0.15, 0.2) is 0 Å². The van der Waals surface area contributed by atoms with E-state index in [0.717, 1.165) is 0 Å². The van der Waals surface area contributed by atoms with Gasteiger partial charge >= 0.3 is 0 Å². The van der Waals surface area contributed by atoms with Crippen molar-refractivity contribution in [2.45, 2.75) is 26.8 Å². The molecule has 0 saturated heterocycles. The molecule has 0 aromatic heterocycles. The molecule has 0 heterocycles. The van der Waals surface area contributed by atoms with Crippen LogP contribution in [0.4, 0.5) is 0 Å². The molecule has 0 radical (unpaired) electrons. The summed E-state index contributed by atoms with van der Waals surface area (Å²) in [6, 6.07) is 8.66. The highest BCUT2D eigenvalue weighted by Crippen LogP contribution is 2.17. The third-order valence-electron chi connectivity index (χ3n) is 3.06. The first-order chi connectivity index (χ1) is 9.34. The Morgan fingerprint density at radius 1 is 1.20 bits per heavy atom. The molecule has 20 heavy (non-hydrogen) atoms. The third-order valence-corrected chi connectivity index (χ3v) is 3.06. The van der Waals surface area contributed by atoms with E-state index >= 15 is 0 Å². The summed E-state index contributed by atoms with van der Waals surface area (Å²) < 4.78 is 0. The summed E-state index contributed by atoms with van der Waals surface area (Å²) in [6.07, 6.45) is 0. The Bertz CT molecular complexity index is 452. The number of benzene rings is 1. The Morgan fingerprint density at radius 3 is 2.30 bits per heavy atom. The van der Waals surface area contributed by atoms with Gasteiger partial charge in [-0.1, -0.05) is 39.0 Å². The number of hydrogen-bond donors (Lipinski definition) is 3. The lowest BCUT2D eigenvalue weighted by molar-refractivity contribution is -0.121. The first-order valence-electron chi connectivity index (χ1n) is 6.67. The van der Waals surface area contributed by atoms with E-state index in [1.54, 1.807) is 24.3 Å². The van der Waals surface area contributed by atoms with Crippen molar-refractivity contribution >= 4 is 11.8 Å². The fourth-order valence-corrected chi connectivity index (χ4v) is 1.73. The van der Waals surface area contributed by atoms with Gasteiger partial charge in [0.2, 0.25) is 5.91 Å². The van der Waals surface area contributed by atoms with Gasteiger partial charge in [0.25, 0.3) is 5.91 Å². The van der Waals surface area contributed by atoms with Crippen molar-refractivity contribution in [3.05, 3.63) is 35.9 Å². The number of rotatable bonds is 5. The van der Waals surface area contributed by atoms with E-state index in [1.807, 2.05) is 26.8 Å². The monoisotopic (exact) mass is 277 g/mol. The molecule has 0 spiro atoms. The zero-order valence-electron chi connectivity index (χ0n) is 12.3. The van der Waals surface area contributed by atoms with Gasteiger partial charge in [-0.2, -0.15) is 0 Å². The molecule has 4 N–H and O–H groups in total. The zero-order valence-corrected chi connectivity index (χ0v) is 12.3. The fraction of sp³-hybridized carbons (Fsp3) is 0.467. The van der Waals surface area contributed by atoms with Gasteiger partial charge in [-0.15, -0.1) is 0 Å². The molecular formula is C15H23N3O2. The largest absolute Gasteiger partial charge is 0.350 e. The summed E-state index contributed by atoms with van der Waals surface area (Å²) >= 11 is 0. The number of carbonyl (C=O) groups excluding carboxylic acids is 2. The molecule has 0 aliphatic carbocycles. The number of nitrogens with two attached hydrogens (primary N) is 1. The van der Waals surface area contributed by atoms with Crippen LogP contribution in [0.15, 0.2) is 30.3 Å². The fourth-order valence-electron chi connectivity index (χ4n) is 1.73. The highest BCUT2D eigenvalue weighted by Gasteiger charge is 2.24. The Labute approximate surface area is 119 Å². The number of carbonyl (C=O) groups is 2. The maximum atomic E-state index is 11.8. The average molecular weight is 277 g/mol. The maximum absolute atomic E-state index is 11.8. The molecule has 1 unspecified atom stereocenters. The first-order valence-corrected chi connectivity index (χ1v) is 6.67. The molecule has 1 aromatic rings. The Kier molecular flexibility index (Phi) is 5.70. The number of hydrogen-bond acceptors (Lipinski definition) is 3. The van der Waals surface area contributed by atoms with Crippen molar-refractivity contribution in [1.29, 1.82) is 0 Å². The van der Waals surface area contributed by atoms with Crippen LogP contribution in [-0.2, 0) is 4.79 Å². The van der Waals surface area contributed by atoms with Crippen molar-refractivity contribution in [1.82, 2.24) is 10.6 Å². The lowest BCUT2D eigenvalue weighted by Crippen LogP contribution is -2.51. The van der Waals surface area contributed by atoms with E-state index in [2.05, 4.69) is 10.6 Å². The molecule has 5 heteroatoms. The van der Waals surface area contributed by atoms with Gasteiger partial charge in [0, 0.05) is 18.2 Å². The van der Waals surface area contributed by atoms with E-state index in [9.17, 15) is 9.59 Å². The van der Waals surface area contributed by atoms with Crippen LogP contribution in [0.3, 0.4) is 0 Å². The molecule has 5 nitrogen and oxygen atoms in total. The summed E-state index contributed by atoms with van der Waals surface area (Å²) in [6.45, 7) is 6.33. The van der Waals surface area contributed by atoms with Gasteiger partial charge in [0.1, 0.15) is 0 Å². The standard InChI is InChI=1S/C15H23N3O2/c1-15(2,3)12(9-16)18-13(19)10-17-14(20)11-7-5-4-6-8-11/h4-8,12H,9-10,16H2,1-3H3,(H,17,20)(H,18,19). The van der Waals surface area contributed by atoms with Crippen LogP contribution in [0, 0.1) is 5.41 Å². The van der Waals surface area contributed by atoms with E-state index in [4.69, 9.17) is 5.73 Å². The van der Waals surface area contributed by atoms with Crippen molar-refractivity contribution in [3.8, 4) is 0 Å². The molecular weight excluding hydrogens is 254 g/mol. The quantitative estimate of drug-likeness (QED) is 0.748. The van der Waals surface area contributed by atoms with Crippen LogP contribution in [0.5, 0.6) is 0 Å². The predicted molar refractivity (Wildman–Crippen MR) is 79.2 cm³/mol. The molecule has 1 rings (SSSR count). The molecule has 0 aliphatic heterocycles. The Morgan fingerprint density at radius 2 is 1.80 bits per heavy atom. The van der Waals surface area contributed by atoms with Gasteiger partial charge in [0.05, 0.1) is 6.54 Å². The molecule has 1 aromatic carbocycles. The van der Waals surface area contributed by atoms with Crippen molar-refractivity contribution in [2.75, 3.05) is 13.1 Å². The van der Waals surface area contributed by atoms with Crippen molar-refractivity contribution < 1.29 is 9.59 Å². The van der Waals surface area contributed by atoms with Crippen LogP contribution in [0.2, 0.25) is 0 Å². The maximum Gasteiger partial charge on any atom is 0.251 e. The highest BCUT2D eigenvalue weighted by atomic mass is 16.2. The summed E-state index contributed by atoms with van der Waals surface area (Å²) in [7, 11) is 0. The van der Waals surface area contributed by atoms with E-state index in [1.165, 1.54) is 0 Å². The Hall–Kier alpha value is -1.88. The molecule has 0 fully saturated rings. The van der Waals surface area contributed by atoms with E-state index in [-0.39, 0.29) is 29.8 Å². The number of amides is 2. The van der Waals surface area contributed by atoms with E-state index < -0.39 is 0 Å². The van der Waals surface area contributed by atoms with Crippen LogP contribution < -0.4 is 16.4 Å². The first kappa shape index (κ1) is 16.2. The van der Waals surface area contributed by atoms with Crippen molar-refractivity contribution in [2.24, 2.45) is 11.1 Å². The second-order valence-corrected chi connectivity index (χ2v) is 5.77. The minimum atomic E-state index is -0.263. The number of nitrogens with one attached hydrogen (secondary N) is 2. The Balaban J connectivity index is 2.46. The minimum Gasteiger partial charge on any atom is -0.350 e. The van der Waals surface area contributed by atoms with Gasteiger partial charge in [-0.3, -0.25) is 9.59 Å². The smallest absolute Gasteiger partial charge is 0.251 e. The van der Waals surface area contributed by atoms with Crippen molar-refractivity contribution in [3.63, 3.8) is 0 Å². The molecule has 2 amide bonds. The second kappa shape index (κ2) is 7.05. The molecule has 0 aliphatic rings. The lowest BCUT2D eigenvalue weighted by Gasteiger charge is -2.30. The van der Waals surface area contributed by atoms with Crippen LogP contribution in [0.1, 0.15) is 31.1 Å².